The summed E-state index contributed by atoms with van der Waals surface area (Å²) >= 11 is 0. The van der Waals surface area contributed by atoms with Gasteiger partial charge in [-0.2, -0.15) is 0 Å². The topological polar surface area (TPSA) is 113 Å². The zero-order chi connectivity index (χ0) is 28.4. The zero-order valence-corrected chi connectivity index (χ0v) is 23.0. The molecule has 0 bridgehead atoms. The Hall–Kier alpha value is -3.50. The molecule has 0 heterocycles. The monoisotopic (exact) mass is 553 g/mol. The Morgan fingerprint density at radius 3 is 1.93 bits per heavy atom. The summed E-state index contributed by atoms with van der Waals surface area (Å²) in [4.78, 5) is 22.1. The van der Waals surface area contributed by atoms with Crippen molar-refractivity contribution in [2.45, 2.75) is 25.8 Å². The number of nitrogens with one attached hydrogen (secondary N) is 1. The predicted molar refractivity (Wildman–Crippen MR) is 153 cm³/mol. The van der Waals surface area contributed by atoms with Crippen LogP contribution in [0, 0.1) is 0 Å². The summed E-state index contributed by atoms with van der Waals surface area (Å²) < 4.78 is 28.0. The van der Waals surface area contributed by atoms with E-state index in [4.69, 9.17) is 28.8 Å². The van der Waals surface area contributed by atoms with Gasteiger partial charge in [0, 0.05) is 12.0 Å². The Balaban J connectivity index is 1.46. The second kappa shape index (κ2) is 18.0. The van der Waals surface area contributed by atoms with Crippen molar-refractivity contribution in [2.24, 2.45) is 0 Å². The van der Waals surface area contributed by atoms with Crippen LogP contribution in [-0.4, -0.2) is 76.9 Å². The molecule has 0 saturated carbocycles. The zero-order valence-electron chi connectivity index (χ0n) is 23.0. The number of carboxylic acids is 1. The maximum atomic E-state index is 11.2. The molecule has 0 aromatic heterocycles. The van der Waals surface area contributed by atoms with E-state index in [0.717, 1.165) is 46.2 Å². The van der Waals surface area contributed by atoms with Gasteiger partial charge in [0.15, 0.2) is 0 Å². The minimum absolute atomic E-state index is 0.186. The SMILES string of the molecule is CCCOCCOCCOCCOCCOc1ccc(-c2ccc(C(CC(=O)O)NC=O)cc2)c2ccccc12. The molecule has 0 aliphatic rings. The maximum absolute atomic E-state index is 11.2. The molecule has 3 aromatic carbocycles. The third-order valence-corrected chi connectivity index (χ3v) is 6.11. The normalized spacial score (nSPS) is 11.8. The number of hydrogen-bond donors (Lipinski definition) is 2. The van der Waals surface area contributed by atoms with E-state index in [-0.39, 0.29) is 6.42 Å². The summed E-state index contributed by atoms with van der Waals surface area (Å²) in [6, 6.07) is 18.9. The van der Waals surface area contributed by atoms with E-state index >= 15 is 0 Å². The lowest BCUT2D eigenvalue weighted by Gasteiger charge is -2.16. The van der Waals surface area contributed by atoms with Gasteiger partial charge in [0.1, 0.15) is 12.4 Å². The number of amides is 1. The Kier molecular flexibility index (Phi) is 13.9. The summed E-state index contributed by atoms with van der Waals surface area (Å²) in [5, 5.41) is 13.7. The highest BCUT2D eigenvalue weighted by atomic mass is 16.6. The summed E-state index contributed by atoms with van der Waals surface area (Å²) in [7, 11) is 0. The number of carboxylic acid groups (broad SMARTS) is 1. The number of benzene rings is 3. The lowest BCUT2D eigenvalue weighted by atomic mass is 9.95. The standard InChI is InChI=1S/C31H39NO8/c1-2-13-36-14-15-37-16-17-38-18-19-39-20-21-40-30-12-11-26(27-5-3-4-6-28(27)30)24-7-9-25(10-8-24)29(32-23-33)22-31(34)35/h3-12,23,29H,2,13-22H2,1H3,(H,32,33)(H,34,35). The number of fused-ring (bicyclic) bond motifs is 1. The van der Waals surface area contributed by atoms with E-state index in [0.29, 0.717) is 59.3 Å². The highest BCUT2D eigenvalue weighted by Gasteiger charge is 2.15. The van der Waals surface area contributed by atoms with Crippen LogP contribution in [0.4, 0.5) is 0 Å². The third kappa shape index (κ3) is 10.2. The van der Waals surface area contributed by atoms with Crippen molar-refractivity contribution >= 4 is 23.2 Å². The Bertz CT molecular complexity index is 1170. The fourth-order valence-electron chi connectivity index (χ4n) is 4.19. The molecule has 9 nitrogen and oxygen atoms in total. The van der Waals surface area contributed by atoms with Crippen molar-refractivity contribution in [3.63, 3.8) is 0 Å². The molecule has 3 rings (SSSR count). The average Bonchev–Trinajstić information content (AvgIpc) is 2.97. The van der Waals surface area contributed by atoms with Gasteiger partial charge in [-0.25, -0.2) is 0 Å². The van der Waals surface area contributed by atoms with Gasteiger partial charge in [0.25, 0.3) is 0 Å². The first-order chi connectivity index (χ1) is 19.6. The molecule has 1 amide bonds. The first-order valence-corrected chi connectivity index (χ1v) is 13.6. The number of ether oxygens (including phenoxy) is 5. The van der Waals surface area contributed by atoms with Gasteiger partial charge in [0.2, 0.25) is 6.41 Å². The van der Waals surface area contributed by atoms with Gasteiger partial charge in [-0.3, -0.25) is 9.59 Å². The van der Waals surface area contributed by atoms with Crippen molar-refractivity contribution < 1.29 is 38.4 Å². The van der Waals surface area contributed by atoms with E-state index in [2.05, 4.69) is 12.2 Å². The van der Waals surface area contributed by atoms with Crippen LogP contribution in [-0.2, 0) is 28.5 Å². The molecule has 3 aromatic rings. The van der Waals surface area contributed by atoms with Crippen molar-refractivity contribution in [3.8, 4) is 16.9 Å². The van der Waals surface area contributed by atoms with E-state index < -0.39 is 12.0 Å². The van der Waals surface area contributed by atoms with Gasteiger partial charge < -0.3 is 34.1 Å². The van der Waals surface area contributed by atoms with Crippen LogP contribution in [0.1, 0.15) is 31.4 Å². The van der Waals surface area contributed by atoms with Gasteiger partial charge in [-0.1, -0.05) is 61.5 Å². The van der Waals surface area contributed by atoms with E-state index in [9.17, 15) is 9.59 Å². The molecule has 2 N–H and O–H groups in total. The van der Waals surface area contributed by atoms with E-state index in [1.807, 2.05) is 60.7 Å². The fraction of sp³-hybridized carbons (Fsp3) is 0.419. The first kappa shape index (κ1) is 31.0. The predicted octanol–water partition coefficient (Wildman–Crippen LogP) is 4.62. The van der Waals surface area contributed by atoms with Gasteiger partial charge in [-0.05, 0) is 34.6 Å². The molecule has 0 aliphatic heterocycles. The number of carbonyl (C=O) groups is 2. The number of aliphatic carboxylic acids is 1. The molecule has 0 aliphatic carbocycles. The molecule has 40 heavy (non-hydrogen) atoms. The maximum Gasteiger partial charge on any atom is 0.305 e. The van der Waals surface area contributed by atoms with Crippen LogP contribution in [0.25, 0.3) is 21.9 Å². The summed E-state index contributed by atoms with van der Waals surface area (Å²) in [6.45, 7) is 6.91. The smallest absolute Gasteiger partial charge is 0.305 e. The van der Waals surface area contributed by atoms with Crippen LogP contribution in [0.2, 0.25) is 0 Å². The third-order valence-electron chi connectivity index (χ3n) is 6.11. The van der Waals surface area contributed by atoms with Crippen LogP contribution in [0.5, 0.6) is 5.75 Å². The minimum Gasteiger partial charge on any atom is -0.491 e. The van der Waals surface area contributed by atoms with Crippen LogP contribution >= 0.6 is 0 Å². The lowest BCUT2D eigenvalue weighted by Crippen LogP contribution is -2.22. The quantitative estimate of drug-likeness (QED) is 0.145. The van der Waals surface area contributed by atoms with Crippen LogP contribution in [0.15, 0.2) is 60.7 Å². The number of rotatable bonds is 21. The molecule has 0 saturated heterocycles. The van der Waals surface area contributed by atoms with Gasteiger partial charge in [-0.15, -0.1) is 0 Å². The summed E-state index contributed by atoms with van der Waals surface area (Å²) in [5.41, 5.74) is 2.73. The molecule has 1 unspecified atom stereocenters. The summed E-state index contributed by atoms with van der Waals surface area (Å²) in [5.74, 6) is -0.207. The second-order valence-electron chi connectivity index (χ2n) is 9.01. The Morgan fingerprint density at radius 2 is 1.35 bits per heavy atom. The Morgan fingerprint density at radius 1 is 0.775 bits per heavy atom. The molecule has 0 radical (unpaired) electrons. The highest BCUT2D eigenvalue weighted by Crippen LogP contribution is 2.35. The molecule has 1 atom stereocenters. The second-order valence-corrected chi connectivity index (χ2v) is 9.01. The molecule has 216 valence electrons. The fourth-order valence-corrected chi connectivity index (χ4v) is 4.19. The number of hydrogen-bond acceptors (Lipinski definition) is 7. The van der Waals surface area contributed by atoms with Crippen molar-refractivity contribution in [1.82, 2.24) is 5.32 Å². The largest absolute Gasteiger partial charge is 0.491 e. The van der Waals surface area contributed by atoms with Crippen molar-refractivity contribution in [1.29, 1.82) is 0 Å². The number of carbonyl (C=O) groups excluding carboxylic acids is 1. The molecular formula is C31H39NO8. The Labute approximate surface area is 235 Å². The van der Waals surface area contributed by atoms with Crippen molar-refractivity contribution in [3.05, 3.63) is 66.2 Å². The van der Waals surface area contributed by atoms with E-state index in [1.54, 1.807) is 0 Å². The highest BCUT2D eigenvalue weighted by molar-refractivity contribution is 6.00. The average molecular weight is 554 g/mol. The summed E-state index contributed by atoms with van der Waals surface area (Å²) in [6.07, 6.45) is 1.35. The molecule has 0 fully saturated rings. The van der Waals surface area contributed by atoms with Crippen molar-refractivity contribution in [2.75, 3.05) is 59.5 Å². The van der Waals surface area contributed by atoms with Crippen LogP contribution in [0.3, 0.4) is 0 Å². The van der Waals surface area contributed by atoms with Gasteiger partial charge in [0.05, 0.1) is 58.7 Å². The lowest BCUT2D eigenvalue weighted by molar-refractivity contribution is -0.137. The molecule has 9 heteroatoms. The van der Waals surface area contributed by atoms with E-state index in [1.165, 1.54) is 0 Å². The molecule has 0 spiro atoms. The molecular weight excluding hydrogens is 514 g/mol. The minimum atomic E-state index is -0.978. The van der Waals surface area contributed by atoms with Crippen LogP contribution < -0.4 is 10.1 Å². The van der Waals surface area contributed by atoms with Gasteiger partial charge >= 0.3 is 5.97 Å². The first-order valence-electron chi connectivity index (χ1n) is 13.6.